The second-order valence-corrected chi connectivity index (χ2v) is 6.90. The second kappa shape index (κ2) is 6.99. The van der Waals surface area contributed by atoms with Gasteiger partial charge in [-0.2, -0.15) is 0 Å². The van der Waals surface area contributed by atoms with E-state index in [2.05, 4.69) is 17.5 Å². The summed E-state index contributed by atoms with van der Waals surface area (Å²) in [6.07, 6.45) is 5.28. The maximum atomic E-state index is 12.1. The molecule has 1 aliphatic heterocycles. The van der Waals surface area contributed by atoms with Crippen molar-refractivity contribution in [2.24, 2.45) is 5.92 Å². The predicted octanol–water partition coefficient (Wildman–Crippen LogP) is 4.40. The van der Waals surface area contributed by atoms with Gasteiger partial charge in [0, 0.05) is 17.2 Å². The fraction of sp³-hybridized carbons (Fsp3) is 0.318. The quantitative estimate of drug-likeness (QED) is 0.621. The molecule has 4 rings (SSSR count). The van der Waals surface area contributed by atoms with Gasteiger partial charge in [0.2, 0.25) is 0 Å². The summed E-state index contributed by atoms with van der Waals surface area (Å²) in [4.78, 5) is 12.1. The largest absolute Gasteiger partial charge is 0.504 e. The van der Waals surface area contributed by atoms with Crippen molar-refractivity contribution in [1.82, 2.24) is 0 Å². The van der Waals surface area contributed by atoms with Crippen molar-refractivity contribution in [3.05, 3.63) is 65.2 Å². The molecule has 5 nitrogen and oxygen atoms in total. The summed E-state index contributed by atoms with van der Waals surface area (Å²) in [5, 5.41) is 14.2. The van der Waals surface area contributed by atoms with E-state index in [9.17, 15) is 9.90 Å². The number of nitrogens with one attached hydrogen (secondary N) is 1. The molecule has 0 fully saturated rings. The minimum atomic E-state index is -0.300. The van der Waals surface area contributed by atoms with Crippen LogP contribution in [0.5, 0.6) is 11.5 Å². The summed E-state index contributed by atoms with van der Waals surface area (Å²) < 4.78 is 10.4. The molecular weight excluding hydrogens is 342 g/mol. The summed E-state index contributed by atoms with van der Waals surface area (Å²) in [7, 11) is 1.55. The van der Waals surface area contributed by atoms with E-state index in [0.29, 0.717) is 17.9 Å². The Balaban J connectivity index is 1.74. The average molecular weight is 365 g/mol. The molecule has 5 heteroatoms. The molecule has 3 unspecified atom stereocenters. The minimum Gasteiger partial charge on any atom is -0.504 e. The third kappa shape index (κ3) is 2.93. The van der Waals surface area contributed by atoms with Crippen LogP contribution in [0, 0.1) is 5.92 Å². The van der Waals surface area contributed by atoms with Crippen molar-refractivity contribution in [1.29, 1.82) is 0 Å². The topological polar surface area (TPSA) is 67.8 Å². The summed E-state index contributed by atoms with van der Waals surface area (Å²) in [5.74, 6) is 0.792. The molecule has 0 spiro atoms. The number of allylic oxidation sites excluding steroid dienone is 2. The number of phenols is 1. The number of carbonyl (C=O) groups excluding carboxylic acids is 1. The minimum absolute atomic E-state index is 0.0407. The van der Waals surface area contributed by atoms with Crippen LogP contribution in [0.15, 0.2) is 48.6 Å². The number of para-hydroxylation sites is 1. The molecule has 0 radical (unpaired) electrons. The molecule has 2 aliphatic rings. The van der Waals surface area contributed by atoms with Gasteiger partial charge in [0.1, 0.15) is 0 Å². The Morgan fingerprint density at radius 3 is 2.89 bits per heavy atom. The lowest BCUT2D eigenvalue weighted by atomic mass is 9.76. The molecule has 1 aliphatic carbocycles. The van der Waals surface area contributed by atoms with Crippen LogP contribution in [0.1, 0.15) is 46.8 Å². The number of hydrogen-bond donors (Lipinski definition) is 2. The lowest BCUT2D eigenvalue weighted by molar-refractivity contribution is 0.0526. The number of rotatable bonds is 4. The summed E-state index contributed by atoms with van der Waals surface area (Å²) >= 11 is 0. The van der Waals surface area contributed by atoms with Crippen molar-refractivity contribution in [3.8, 4) is 11.5 Å². The Bertz CT molecular complexity index is 905. The zero-order chi connectivity index (χ0) is 19.0. The molecule has 2 N–H and O–H groups in total. The highest BCUT2D eigenvalue weighted by Gasteiger charge is 2.39. The monoisotopic (exact) mass is 365 g/mol. The molecule has 1 heterocycles. The molecule has 0 amide bonds. The first-order chi connectivity index (χ1) is 13.1. The van der Waals surface area contributed by atoms with Crippen LogP contribution in [-0.4, -0.2) is 24.8 Å². The van der Waals surface area contributed by atoms with Crippen molar-refractivity contribution >= 4 is 11.7 Å². The highest BCUT2D eigenvalue weighted by Crippen LogP contribution is 2.52. The van der Waals surface area contributed by atoms with E-state index < -0.39 is 0 Å². The van der Waals surface area contributed by atoms with Crippen molar-refractivity contribution in [2.45, 2.75) is 25.3 Å². The normalized spacial score (nSPS) is 22.5. The molecular formula is C22H23NO4. The highest BCUT2D eigenvalue weighted by molar-refractivity contribution is 5.90. The summed E-state index contributed by atoms with van der Waals surface area (Å²) in [6.45, 7) is 2.16. The van der Waals surface area contributed by atoms with Crippen LogP contribution in [-0.2, 0) is 4.74 Å². The number of esters is 1. The number of anilines is 1. The third-order valence-corrected chi connectivity index (χ3v) is 5.46. The number of hydrogen-bond acceptors (Lipinski definition) is 5. The van der Waals surface area contributed by atoms with E-state index >= 15 is 0 Å². The van der Waals surface area contributed by atoms with Crippen LogP contribution in [0.2, 0.25) is 0 Å². The molecule has 140 valence electrons. The van der Waals surface area contributed by atoms with Crippen LogP contribution < -0.4 is 10.1 Å². The smallest absolute Gasteiger partial charge is 0.338 e. The van der Waals surface area contributed by atoms with Crippen molar-refractivity contribution in [3.63, 3.8) is 0 Å². The first-order valence-corrected chi connectivity index (χ1v) is 9.24. The van der Waals surface area contributed by atoms with Gasteiger partial charge in [-0.05, 0) is 49.1 Å². The zero-order valence-corrected chi connectivity index (χ0v) is 15.4. The average Bonchev–Trinajstić information content (AvgIpc) is 3.18. The maximum Gasteiger partial charge on any atom is 0.338 e. The van der Waals surface area contributed by atoms with Crippen LogP contribution in [0.3, 0.4) is 0 Å². The number of benzene rings is 2. The number of methoxy groups -OCH3 is 1. The number of phenolic OH excluding ortho intramolecular Hbond substituents is 1. The Hall–Kier alpha value is -2.95. The zero-order valence-electron chi connectivity index (χ0n) is 15.4. The Morgan fingerprint density at radius 2 is 2.11 bits per heavy atom. The summed E-state index contributed by atoms with van der Waals surface area (Å²) in [6, 6.07) is 11.2. The number of ether oxygens (including phenoxy) is 2. The van der Waals surface area contributed by atoms with Crippen molar-refractivity contribution < 1.29 is 19.4 Å². The van der Waals surface area contributed by atoms with E-state index in [4.69, 9.17) is 9.47 Å². The lowest BCUT2D eigenvalue weighted by Gasteiger charge is -2.38. The standard InChI is InChI=1S/C22H23NO4/c1-3-27-22(25)13-10-11-18-17(12-13)14-6-4-7-15(14)20(23-18)16-8-5-9-19(26-2)21(16)24/h4-6,8-12,14-15,20,23-24H,3,7H2,1-2H3. The first-order valence-electron chi connectivity index (χ1n) is 9.24. The maximum absolute atomic E-state index is 12.1. The van der Waals surface area contributed by atoms with E-state index in [0.717, 1.165) is 23.2 Å². The fourth-order valence-electron chi connectivity index (χ4n) is 4.20. The molecule has 0 bridgehead atoms. The van der Waals surface area contributed by atoms with Gasteiger partial charge in [-0.25, -0.2) is 4.79 Å². The number of aromatic hydroxyl groups is 1. The first kappa shape index (κ1) is 17.5. The van der Waals surface area contributed by atoms with Crippen LogP contribution in [0.25, 0.3) is 0 Å². The van der Waals surface area contributed by atoms with Crippen LogP contribution in [0.4, 0.5) is 5.69 Å². The molecule has 2 aromatic carbocycles. The third-order valence-electron chi connectivity index (χ3n) is 5.46. The molecule has 2 aromatic rings. The van der Waals surface area contributed by atoms with Gasteiger partial charge in [0.15, 0.2) is 11.5 Å². The van der Waals surface area contributed by atoms with Gasteiger partial charge in [-0.15, -0.1) is 0 Å². The van der Waals surface area contributed by atoms with Gasteiger partial charge in [0.05, 0.1) is 25.3 Å². The SMILES string of the molecule is CCOC(=O)c1ccc2c(c1)C1C=CCC1C(c1cccc(OC)c1O)N2. The van der Waals surface area contributed by atoms with E-state index in [1.807, 2.05) is 24.3 Å². The second-order valence-electron chi connectivity index (χ2n) is 6.90. The van der Waals surface area contributed by atoms with Gasteiger partial charge < -0.3 is 19.9 Å². The van der Waals surface area contributed by atoms with Gasteiger partial charge >= 0.3 is 5.97 Å². The van der Waals surface area contributed by atoms with Crippen LogP contribution >= 0.6 is 0 Å². The predicted molar refractivity (Wildman–Crippen MR) is 103 cm³/mol. The Kier molecular flexibility index (Phi) is 4.52. The highest BCUT2D eigenvalue weighted by atomic mass is 16.5. The molecule has 0 aromatic heterocycles. The van der Waals surface area contributed by atoms with Crippen molar-refractivity contribution in [2.75, 3.05) is 19.0 Å². The molecule has 3 atom stereocenters. The number of carbonyl (C=O) groups is 1. The lowest BCUT2D eigenvalue weighted by Crippen LogP contribution is -2.29. The van der Waals surface area contributed by atoms with E-state index in [1.54, 1.807) is 26.2 Å². The number of fused-ring (bicyclic) bond motifs is 3. The van der Waals surface area contributed by atoms with E-state index in [-0.39, 0.29) is 29.6 Å². The molecule has 0 saturated heterocycles. The van der Waals surface area contributed by atoms with Gasteiger partial charge in [0.25, 0.3) is 0 Å². The fourth-order valence-corrected chi connectivity index (χ4v) is 4.20. The summed E-state index contributed by atoms with van der Waals surface area (Å²) in [5.41, 5.74) is 3.47. The van der Waals surface area contributed by atoms with E-state index in [1.165, 1.54) is 0 Å². The molecule has 27 heavy (non-hydrogen) atoms. The Labute approximate surface area is 158 Å². The van der Waals surface area contributed by atoms with Gasteiger partial charge in [-0.3, -0.25) is 0 Å². The van der Waals surface area contributed by atoms with Gasteiger partial charge in [-0.1, -0.05) is 24.3 Å². The molecule has 0 saturated carbocycles. The Morgan fingerprint density at radius 1 is 1.26 bits per heavy atom.